The molecular weight excluding hydrogens is 274 g/mol. The minimum atomic E-state index is -3.44. The van der Waals surface area contributed by atoms with Gasteiger partial charge in [-0.05, 0) is 49.3 Å². The molecule has 0 amide bonds. The van der Waals surface area contributed by atoms with Crippen molar-refractivity contribution in [3.05, 3.63) is 29.8 Å². The summed E-state index contributed by atoms with van der Waals surface area (Å²) in [5.74, 6) is 0.239. The SMILES string of the molecule is CCc1cccc(S(=O)(=O)NCC2CCCC(O)C2)c1. The van der Waals surface area contributed by atoms with Gasteiger partial charge in [-0.25, -0.2) is 13.1 Å². The molecule has 2 atom stereocenters. The average Bonchev–Trinajstić information content (AvgIpc) is 2.45. The van der Waals surface area contributed by atoms with Gasteiger partial charge in [-0.1, -0.05) is 25.5 Å². The third-order valence-electron chi connectivity index (χ3n) is 3.93. The first-order chi connectivity index (χ1) is 9.51. The molecule has 0 saturated heterocycles. The predicted octanol–water partition coefficient (Wildman–Crippen LogP) is 2.08. The fourth-order valence-electron chi connectivity index (χ4n) is 2.69. The van der Waals surface area contributed by atoms with Crippen molar-refractivity contribution >= 4 is 10.0 Å². The lowest BCUT2D eigenvalue weighted by molar-refractivity contribution is 0.102. The molecule has 0 bridgehead atoms. The fourth-order valence-corrected chi connectivity index (χ4v) is 3.88. The summed E-state index contributed by atoms with van der Waals surface area (Å²) < 4.78 is 27.2. The Morgan fingerprint density at radius 1 is 1.35 bits per heavy atom. The molecule has 2 N–H and O–H groups in total. The van der Waals surface area contributed by atoms with Crippen molar-refractivity contribution in [2.75, 3.05) is 6.54 Å². The van der Waals surface area contributed by atoms with Gasteiger partial charge in [0.05, 0.1) is 11.0 Å². The largest absolute Gasteiger partial charge is 0.393 e. The van der Waals surface area contributed by atoms with E-state index in [-0.39, 0.29) is 12.0 Å². The van der Waals surface area contributed by atoms with Gasteiger partial charge in [0.25, 0.3) is 0 Å². The van der Waals surface area contributed by atoms with E-state index in [1.807, 2.05) is 13.0 Å². The summed E-state index contributed by atoms with van der Waals surface area (Å²) in [5, 5.41) is 9.62. The van der Waals surface area contributed by atoms with Crippen molar-refractivity contribution in [3.63, 3.8) is 0 Å². The molecule has 2 rings (SSSR count). The molecule has 1 aliphatic rings. The van der Waals surface area contributed by atoms with Crippen molar-refractivity contribution in [2.45, 2.75) is 50.0 Å². The van der Waals surface area contributed by atoms with Gasteiger partial charge in [0, 0.05) is 6.54 Å². The number of aliphatic hydroxyl groups excluding tert-OH is 1. The van der Waals surface area contributed by atoms with Gasteiger partial charge in [0.15, 0.2) is 0 Å². The second-order valence-corrected chi connectivity index (χ2v) is 7.31. The summed E-state index contributed by atoms with van der Waals surface area (Å²) in [6.45, 7) is 2.42. The zero-order valence-electron chi connectivity index (χ0n) is 11.9. The van der Waals surface area contributed by atoms with Crippen LogP contribution in [0.1, 0.15) is 38.2 Å². The Bertz CT molecular complexity index is 542. The second-order valence-electron chi connectivity index (χ2n) is 5.54. The first-order valence-corrected chi connectivity index (χ1v) is 8.76. The maximum atomic E-state index is 12.3. The van der Waals surface area contributed by atoms with Gasteiger partial charge >= 0.3 is 0 Å². The highest BCUT2D eigenvalue weighted by molar-refractivity contribution is 7.89. The van der Waals surface area contributed by atoms with Crippen molar-refractivity contribution in [1.29, 1.82) is 0 Å². The fraction of sp³-hybridized carbons (Fsp3) is 0.600. The van der Waals surface area contributed by atoms with Crippen LogP contribution >= 0.6 is 0 Å². The number of hydrogen-bond acceptors (Lipinski definition) is 3. The van der Waals surface area contributed by atoms with E-state index >= 15 is 0 Å². The zero-order chi connectivity index (χ0) is 14.6. The minimum Gasteiger partial charge on any atom is -0.393 e. The van der Waals surface area contributed by atoms with Crippen LogP contribution in [-0.2, 0) is 16.4 Å². The monoisotopic (exact) mass is 297 g/mol. The molecule has 0 radical (unpaired) electrons. The second kappa shape index (κ2) is 6.70. The summed E-state index contributed by atoms with van der Waals surface area (Å²) in [6, 6.07) is 7.05. The third-order valence-corrected chi connectivity index (χ3v) is 5.36. The molecule has 112 valence electrons. The van der Waals surface area contributed by atoms with E-state index in [9.17, 15) is 13.5 Å². The van der Waals surface area contributed by atoms with Crippen LogP contribution in [0.25, 0.3) is 0 Å². The van der Waals surface area contributed by atoms with Crippen LogP contribution in [0.15, 0.2) is 29.2 Å². The molecule has 2 unspecified atom stereocenters. The Morgan fingerprint density at radius 3 is 2.85 bits per heavy atom. The lowest BCUT2D eigenvalue weighted by Crippen LogP contribution is -2.33. The van der Waals surface area contributed by atoms with Crippen molar-refractivity contribution in [2.24, 2.45) is 5.92 Å². The number of sulfonamides is 1. The van der Waals surface area contributed by atoms with Gasteiger partial charge in [0.1, 0.15) is 0 Å². The van der Waals surface area contributed by atoms with Crippen LogP contribution in [0.2, 0.25) is 0 Å². The molecule has 0 aliphatic heterocycles. The molecule has 5 heteroatoms. The van der Waals surface area contributed by atoms with Crippen LogP contribution in [0, 0.1) is 5.92 Å². The average molecular weight is 297 g/mol. The summed E-state index contributed by atoms with van der Waals surface area (Å²) in [5.41, 5.74) is 1.01. The van der Waals surface area contributed by atoms with Crippen molar-refractivity contribution < 1.29 is 13.5 Å². The lowest BCUT2D eigenvalue weighted by Gasteiger charge is -2.25. The number of aryl methyl sites for hydroxylation is 1. The minimum absolute atomic E-state index is 0.239. The maximum absolute atomic E-state index is 12.3. The molecule has 1 aromatic carbocycles. The van der Waals surface area contributed by atoms with Crippen molar-refractivity contribution in [3.8, 4) is 0 Å². The molecular formula is C15H23NO3S. The predicted molar refractivity (Wildman–Crippen MR) is 79.0 cm³/mol. The third kappa shape index (κ3) is 4.04. The first-order valence-electron chi connectivity index (χ1n) is 7.28. The van der Waals surface area contributed by atoms with Gasteiger partial charge < -0.3 is 5.11 Å². The Kier molecular flexibility index (Phi) is 5.18. The van der Waals surface area contributed by atoms with Crippen LogP contribution in [0.4, 0.5) is 0 Å². The normalized spacial score (nSPS) is 23.7. The molecule has 4 nitrogen and oxygen atoms in total. The molecule has 0 aromatic heterocycles. The van der Waals surface area contributed by atoms with E-state index in [1.165, 1.54) is 0 Å². The lowest BCUT2D eigenvalue weighted by atomic mass is 9.87. The van der Waals surface area contributed by atoms with E-state index in [2.05, 4.69) is 4.72 Å². The van der Waals surface area contributed by atoms with E-state index in [1.54, 1.807) is 18.2 Å². The van der Waals surface area contributed by atoms with E-state index in [4.69, 9.17) is 0 Å². The molecule has 1 aliphatic carbocycles. The number of aliphatic hydroxyl groups is 1. The standard InChI is InChI=1S/C15H23NO3S/c1-2-12-5-4-8-15(10-12)20(18,19)16-11-13-6-3-7-14(17)9-13/h4-5,8,10,13-14,16-17H,2-3,6-7,9,11H2,1H3. The number of rotatable bonds is 5. The van der Waals surface area contributed by atoms with Crippen molar-refractivity contribution in [1.82, 2.24) is 4.72 Å². The van der Waals surface area contributed by atoms with Crippen LogP contribution in [0.3, 0.4) is 0 Å². The number of hydrogen-bond donors (Lipinski definition) is 2. The number of benzene rings is 1. The Labute approximate surface area is 121 Å². The van der Waals surface area contributed by atoms with E-state index < -0.39 is 10.0 Å². The van der Waals surface area contributed by atoms with Crippen LogP contribution in [-0.4, -0.2) is 26.2 Å². The molecule has 1 aromatic rings. The highest BCUT2D eigenvalue weighted by Gasteiger charge is 2.22. The van der Waals surface area contributed by atoms with Gasteiger partial charge in [-0.2, -0.15) is 0 Å². The Morgan fingerprint density at radius 2 is 2.15 bits per heavy atom. The molecule has 0 spiro atoms. The van der Waals surface area contributed by atoms with Gasteiger partial charge in [0.2, 0.25) is 10.0 Å². The zero-order valence-corrected chi connectivity index (χ0v) is 12.7. The number of nitrogens with one attached hydrogen (secondary N) is 1. The highest BCUT2D eigenvalue weighted by Crippen LogP contribution is 2.24. The van der Waals surface area contributed by atoms with Gasteiger partial charge in [-0.3, -0.25) is 0 Å². The molecule has 1 saturated carbocycles. The van der Waals surface area contributed by atoms with E-state index in [0.29, 0.717) is 17.9 Å². The summed E-state index contributed by atoms with van der Waals surface area (Å²) in [6.07, 6.45) is 4.02. The first kappa shape index (κ1) is 15.5. The molecule has 1 fully saturated rings. The smallest absolute Gasteiger partial charge is 0.240 e. The summed E-state index contributed by atoms with van der Waals surface area (Å²) >= 11 is 0. The summed E-state index contributed by atoms with van der Waals surface area (Å²) in [4.78, 5) is 0.327. The molecule has 20 heavy (non-hydrogen) atoms. The van der Waals surface area contributed by atoms with Gasteiger partial charge in [-0.15, -0.1) is 0 Å². The molecule has 0 heterocycles. The van der Waals surface area contributed by atoms with E-state index in [0.717, 1.165) is 31.2 Å². The van der Waals surface area contributed by atoms with Crippen LogP contribution in [0.5, 0.6) is 0 Å². The summed E-state index contributed by atoms with van der Waals surface area (Å²) in [7, 11) is -3.44. The quantitative estimate of drug-likeness (QED) is 0.874. The maximum Gasteiger partial charge on any atom is 0.240 e. The topological polar surface area (TPSA) is 66.4 Å². The Balaban J connectivity index is 1.99. The highest BCUT2D eigenvalue weighted by atomic mass is 32.2. The Hall–Kier alpha value is -0.910. The van der Waals surface area contributed by atoms with Crippen LogP contribution < -0.4 is 4.72 Å².